The lowest BCUT2D eigenvalue weighted by atomic mass is 10.4. The summed E-state index contributed by atoms with van der Waals surface area (Å²) >= 11 is 1.66. The maximum absolute atomic E-state index is 5.14. The van der Waals surface area contributed by atoms with E-state index in [2.05, 4.69) is 5.92 Å². The molecular formula is C7H9O2S. The van der Waals surface area contributed by atoms with E-state index in [4.69, 9.17) is 15.9 Å². The van der Waals surface area contributed by atoms with Gasteiger partial charge in [0.25, 0.3) is 0 Å². The molecular weight excluding hydrogens is 148 g/mol. The molecule has 0 amide bonds. The second-order valence-electron chi connectivity index (χ2n) is 1.91. The third-order valence-electron chi connectivity index (χ3n) is 1.09. The van der Waals surface area contributed by atoms with Gasteiger partial charge in [0.1, 0.15) is 12.5 Å². The first-order valence-electron chi connectivity index (χ1n) is 3.03. The fraction of sp³-hybridized carbons (Fsp3) is 0.571. The van der Waals surface area contributed by atoms with Crippen LogP contribution < -0.4 is 0 Å². The van der Waals surface area contributed by atoms with Crippen LogP contribution in [0.25, 0.3) is 0 Å². The molecule has 1 rings (SSSR count). The van der Waals surface area contributed by atoms with E-state index in [0.717, 1.165) is 5.75 Å². The summed E-state index contributed by atoms with van der Waals surface area (Å²) in [6, 6.07) is 0. The second-order valence-corrected chi connectivity index (χ2v) is 2.77. The van der Waals surface area contributed by atoms with Crippen molar-refractivity contribution in [2.24, 2.45) is 0 Å². The fourth-order valence-electron chi connectivity index (χ4n) is 0.640. The highest BCUT2D eigenvalue weighted by molar-refractivity contribution is 8.01. The monoisotopic (exact) mass is 157 g/mol. The molecule has 0 aliphatic carbocycles. The van der Waals surface area contributed by atoms with Crippen LogP contribution in [-0.2, 0) is 9.47 Å². The Morgan fingerprint density at radius 2 is 2.80 bits per heavy atom. The number of hydrogen-bond donors (Lipinski definition) is 0. The predicted octanol–water partition coefficient (Wildman–Crippen LogP) is 0.887. The molecule has 0 aromatic rings. The van der Waals surface area contributed by atoms with Crippen LogP contribution in [0.5, 0.6) is 0 Å². The molecule has 0 bridgehead atoms. The number of rotatable bonds is 3. The fourth-order valence-corrected chi connectivity index (χ4v) is 1.34. The summed E-state index contributed by atoms with van der Waals surface area (Å²) in [6.45, 7) is 0.984. The number of thioether (sulfide) groups is 1. The first kappa shape index (κ1) is 7.93. The van der Waals surface area contributed by atoms with Crippen LogP contribution in [0.1, 0.15) is 0 Å². The van der Waals surface area contributed by atoms with Crippen molar-refractivity contribution in [2.75, 3.05) is 19.0 Å². The molecule has 2 nitrogen and oxygen atoms in total. The normalized spacial score (nSPS) is 24.5. The zero-order valence-electron chi connectivity index (χ0n) is 5.58. The summed E-state index contributed by atoms with van der Waals surface area (Å²) in [7, 11) is 0. The molecule has 1 aliphatic rings. The Bertz CT molecular complexity index is 124. The van der Waals surface area contributed by atoms with Gasteiger partial charge in [0.05, 0.1) is 12.7 Å². The summed E-state index contributed by atoms with van der Waals surface area (Å²) in [4.78, 5) is 0. The van der Waals surface area contributed by atoms with Gasteiger partial charge < -0.3 is 9.47 Å². The molecule has 1 atom stereocenters. The maximum Gasteiger partial charge on any atom is 0.139 e. The molecule has 0 aromatic carbocycles. The van der Waals surface area contributed by atoms with Gasteiger partial charge in [-0.25, -0.2) is 0 Å². The first-order valence-corrected chi connectivity index (χ1v) is 4.08. The van der Waals surface area contributed by atoms with E-state index in [1.807, 2.05) is 0 Å². The minimum atomic E-state index is 0.207. The Hall–Kier alpha value is -0.170. The topological polar surface area (TPSA) is 18.5 Å². The Kier molecular flexibility index (Phi) is 3.66. The van der Waals surface area contributed by atoms with Crippen LogP contribution in [0, 0.1) is 18.3 Å². The highest BCUT2D eigenvalue weighted by Gasteiger charge is 2.15. The lowest BCUT2D eigenvalue weighted by Crippen LogP contribution is -2.16. The summed E-state index contributed by atoms with van der Waals surface area (Å²) in [5.74, 6) is 5.11. The van der Waals surface area contributed by atoms with Crippen LogP contribution in [0.15, 0.2) is 0 Å². The van der Waals surface area contributed by atoms with Gasteiger partial charge in [0, 0.05) is 5.75 Å². The Morgan fingerprint density at radius 3 is 3.40 bits per heavy atom. The maximum atomic E-state index is 5.14. The second kappa shape index (κ2) is 4.62. The van der Waals surface area contributed by atoms with Crippen LogP contribution >= 0.6 is 11.8 Å². The van der Waals surface area contributed by atoms with Crippen LogP contribution in [0.2, 0.25) is 0 Å². The van der Waals surface area contributed by atoms with Gasteiger partial charge in [-0.1, -0.05) is 5.92 Å². The van der Waals surface area contributed by atoms with Crippen molar-refractivity contribution in [3.8, 4) is 12.3 Å². The third kappa shape index (κ3) is 2.61. The average molecular weight is 157 g/mol. The number of terminal acetylenes is 1. The van der Waals surface area contributed by atoms with Crippen molar-refractivity contribution in [3.05, 3.63) is 5.94 Å². The zero-order valence-corrected chi connectivity index (χ0v) is 6.39. The molecule has 1 heterocycles. The molecule has 1 fully saturated rings. The molecule has 1 aliphatic heterocycles. The first-order chi connectivity index (χ1) is 4.93. The van der Waals surface area contributed by atoms with Crippen LogP contribution in [0.3, 0.4) is 0 Å². The van der Waals surface area contributed by atoms with E-state index in [0.29, 0.717) is 13.2 Å². The van der Waals surface area contributed by atoms with E-state index in [-0.39, 0.29) is 6.10 Å². The van der Waals surface area contributed by atoms with Crippen LogP contribution in [-0.4, -0.2) is 25.1 Å². The van der Waals surface area contributed by atoms with E-state index >= 15 is 0 Å². The van der Waals surface area contributed by atoms with Gasteiger partial charge in [0.15, 0.2) is 0 Å². The molecule has 0 N–H and O–H groups in total. The van der Waals surface area contributed by atoms with Gasteiger partial charge in [-0.2, -0.15) is 0 Å². The zero-order chi connectivity index (χ0) is 7.23. The molecule has 55 valence electrons. The lowest BCUT2D eigenvalue weighted by molar-refractivity contribution is 0.0533. The van der Waals surface area contributed by atoms with Crippen molar-refractivity contribution in [2.45, 2.75) is 6.10 Å². The summed E-state index contributed by atoms with van der Waals surface area (Å²) in [5, 5.41) is 0. The van der Waals surface area contributed by atoms with E-state index < -0.39 is 0 Å². The molecule has 0 spiro atoms. The quantitative estimate of drug-likeness (QED) is 0.447. The summed E-state index contributed by atoms with van der Waals surface area (Å²) in [6.07, 6.45) is 5.19. The van der Waals surface area contributed by atoms with E-state index in [9.17, 15) is 0 Å². The van der Waals surface area contributed by atoms with Gasteiger partial charge in [-0.3, -0.25) is 0 Å². The molecule has 0 saturated carbocycles. The molecule has 1 radical (unpaired) electrons. The Morgan fingerprint density at radius 1 is 1.90 bits per heavy atom. The molecule has 1 saturated heterocycles. The van der Waals surface area contributed by atoms with E-state index in [1.165, 1.54) is 0 Å². The van der Waals surface area contributed by atoms with Crippen molar-refractivity contribution in [1.82, 2.24) is 0 Å². The standard InChI is InChI=1S/C7H9O2S/c1-2-3-8-4-7-5-10-6-9-7/h1,6-7H,3-5H2. The van der Waals surface area contributed by atoms with Gasteiger partial charge in [0.2, 0.25) is 0 Å². The van der Waals surface area contributed by atoms with Crippen molar-refractivity contribution >= 4 is 11.8 Å². The summed E-state index contributed by atoms with van der Waals surface area (Å²) in [5.41, 5.74) is 0. The Labute approximate surface area is 65.3 Å². The van der Waals surface area contributed by atoms with Crippen molar-refractivity contribution < 1.29 is 9.47 Å². The molecule has 10 heavy (non-hydrogen) atoms. The van der Waals surface area contributed by atoms with Gasteiger partial charge in [-0.05, 0) is 0 Å². The van der Waals surface area contributed by atoms with Crippen molar-refractivity contribution in [3.63, 3.8) is 0 Å². The molecule has 0 aromatic heterocycles. The minimum Gasteiger partial charge on any atom is -0.366 e. The highest BCUT2D eigenvalue weighted by atomic mass is 32.2. The van der Waals surface area contributed by atoms with E-state index in [1.54, 1.807) is 17.7 Å². The molecule has 1 unspecified atom stereocenters. The number of hydrogen-bond acceptors (Lipinski definition) is 3. The SMILES string of the molecule is C#CCOCC1CS[CH]O1. The Balaban J connectivity index is 1.97. The average Bonchev–Trinajstić information content (AvgIpc) is 2.41. The van der Waals surface area contributed by atoms with Crippen LogP contribution in [0.4, 0.5) is 0 Å². The van der Waals surface area contributed by atoms with Gasteiger partial charge in [-0.15, -0.1) is 18.2 Å². The van der Waals surface area contributed by atoms with Crippen molar-refractivity contribution in [1.29, 1.82) is 0 Å². The highest BCUT2D eigenvalue weighted by Crippen LogP contribution is 2.20. The largest absolute Gasteiger partial charge is 0.366 e. The smallest absolute Gasteiger partial charge is 0.139 e. The number of ether oxygens (including phenoxy) is 2. The molecule has 3 heteroatoms. The third-order valence-corrected chi connectivity index (χ3v) is 1.90. The lowest BCUT2D eigenvalue weighted by Gasteiger charge is -2.05. The minimum absolute atomic E-state index is 0.207. The predicted molar refractivity (Wildman–Crippen MR) is 41.3 cm³/mol. The van der Waals surface area contributed by atoms with Gasteiger partial charge >= 0.3 is 0 Å². The summed E-state index contributed by atoms with van der Waals surface area (Å²) < 4.78 is 10.2.